The lowest BCUT2D eigenvalue weighted by Gasteiger charge is -2.12. The van der Waals surface area contributed by atoms with Crippen molar-refractivity contribution in [2.75, 3.05) is 34.0 Å². The van der Waals surface area contributed by atoms with Crippen LogP contribution in [0, 0.1) is 6.92 Å². The molecule has 0 unspecified atom stereocenters. The van der Waals surface area contributed by atoms with Crippen LogP contribution in [0.15, 0.2) is 12.1 Å². The van der Waals surface area contributed by atoms with E-state index in [1.807, 2.05) is 0 Å². The highest BCUT2D eigenvalue weighted by Gasteiger charge is 2.14. The van der Waals surface area contributed by atoms with Gasteiger partial charge in [-0.25, -0.2) is 13.6 Å². The molecule has 1 rings (SSSR count). The lowest BCUT2D eigenvalue weighted by molar-refractivity contribution is -0.00485. The van der Waals surface area contributed by atoms with E-state index in [4.69, 9.17) is 14.2 Å². The van der Waals surface area contributed by atoms with Crippen LogP contribution < -0.4 is 9.47 Å². The standard InChI is InChI=1S/C14H18F2O5/c1-9-11(18-2)6-10(7-12(9)19-3)14(17)21-5-4-20-8-13(15)16/h6-7,13H,4-5,8H2,1-3H3. The highest BCUT2D eigenvalue weighted by atomic mass is 19.3. The summed E-state index contributed by atoms with van der Waals surface area (Å²) in [4.78, 5) is 11.9. The second-order valence-electron chi connectivity index (χ2n) is 4.11. The van der Waals surface area contributed by atoms with E-state index in [9.17, 15) is 13.6 Å². The summed E-state index contributed by atoms with van der Waals surface area (Å²) in [6.07, 6.45) is -2.54. The maximum atomic E-state index is 11.9. The number of carbonyl (C=O) groups is 1. The first kappa shape index (κ1) is 17.2. The molecule has 0 spiro atoms. The van der Waals surface area contributed by atoms with E-state index in [0.29, 0.717) is 11.5 Å². The third kappa shape index (κ3) is 5.18. The maximum Gasteiger partial charge on any atom is 0.338 e. The van der Waals surface area contributed by atoms with Gasteiger partial charge in [-0.15, -0.1) is 0 Å². The smallest absolute Gasteiger partial charge is 0.338 e. The van der Waals surface area contributed by atoms with Gasteiger partial charge in [0.15, 0.2) is 0 Å². The molecule has 21 heavy (non-hydrogen) atoms. The minimum Gasteiger partial charge on any atom is -0.496 e. The number of hydrogen-bond acceptors (Lipinski definition) is 5. The van der Waals surface area contributed by atoms with Crippen molar-refractivity contribution in [3.63, 3.8) is 0 Å². The molecule has 0 amide bonds. The van der Waals surface area contributed by atoms with Gasteiger partial charge in [0.05, 0.1) is 26.4 Å². The number of hydrogen-bond donors (Lipinski definition) is 0. The highest BCUT2D eigenvalue weighted by Crippen LogP contribution is 2.29. The van der Waals surface area contributed by atoms with Gasteiger partial charge in [0.25, 0.3) is 6.43 Å². The van der Waals surface area contributed by atoms with Crippen LogP contribution in [0.1, 0.15) is 15.9 Å². The zero-order valence-corrected chi connectivity index (χ0v) is 12.2. The zero-order chi connectivity index (χ0) is 15.8. The van der Waals surface area contributed by atoms with Crippen LogP contribution in [0.2, 0.25) is 0 Å². The summed E-state index contributed by atoms with van der Waals surface area (Å²) < 4.78 is 43.5. The number of halogens is 2. The Morgan fingerprint density at radius 2 is 1.71 bits per heavy atom. The van der Waals surface area contributed by atoms with E-state index in [-0.39, 0.29) is 18.8 Å². The fourth-order valence-electron chi connectivity index (χ4n) is 1.65. The van der Waals surface area contributed by atoms with E-state index < -0.39 is 19.0 Å². The number of alkyl halides is 2. The van der Waals surface area contributed by atoms with Crippen LogP contribution in [-0.4, -0.2) is 46.4 Å². The predicted molar refractivity (Wildman–Crippen MR) is 71.4 cm³/mol. The molecule has 0 aliphatic carbocycles. The van der Waals surface area contributed by atoms with E-state index in [2.05, 4.69) is 4.74 Å². The van der Waals surface area contributed by atoms with Crippen molar-refractivity contribution >= 4 is 5.97 Å². The molecule has 0 N–H and O–H groups in total. The first-order valence-electron chi connectivity index (χ1n) is 6.25. The van der Waals surface area contributed by atoms with E-state index >= 15 is 0 Å². The molecule has 0 bridgehead atoms. The molecule has 0 radical (unpaired) electrons. The largest absolute Gasteiger partial charge is 0.496 e. The van der Waals surface area contributed by atoms with Crippen molar-refractivity contribution in [3.8, 4) is 11.5 Å². The molecule has 118 valence electrons. The third-order valence-corrected chi connectivity index (χ3v) is 2.69. The van der Waals surface area contributed by atoms with Crippen molar-refractivity contribution < 1.29 is 32.5 Å². The Morgan fingerprint density at radius 1 is 1.14 bits per heavy atom. The van der Waals surface area contributed by atoms with Gasteiger partial charge in [-0.3, -0.25) is 0 Å². The fourth-order valence-corrected chi connectivity index (χ4v) is 1.65. The molecule has 0 saturated carbocycles. The Balaban J connectivity index is 2.61. The first-order chi connectivity index (χ1) is 9.99. The summed E-state index contributed by atoms with van der Waals surface area (Å²) in [6, 6.07) is 3.06. The van der Waals surface area contributed by atoms with Gasteiger partial charge in [-0.1, -0.05) is 0 Å². The van der Waals surface area contributed by atoms with Crippen molar-refractivity contribution in [2.45, 2.75) is 13.3 Å². The van der Waals surface area contributed by atoms with Crippen molar-refractivity contribution in [1.82, 2.24) is 0 Å². The van der Waals surface area contributed by atoms with Crippen molar-refractivity contribution in [1.29, 1.82) is 0 Å². The van der Waals surface area contributed by atoms with Gasteiger partial charge in [0, 0.05) is 5.56 Å². The Bertz CT molecular complexity index is 451. The SMILES string of the molecule is COc1cc(C(=O)OCCOCC(F)F)cc(OC)c1C. The lowest BCUT2D eigenvalue weighted by Crippen LogP contribution is -2.13. The summed E-state index contributed by atoms with van der Waals surface area (Å²) in [5.41, 5.74) is 1.01. The lowest BCUT2D eigenvalue weighted by atomic mass is 10.1. The van der Waals surface area contributed by atoms with Gasteiger partial charge in [-0.05, 0) is 19.1 Å². The van der Waals surface area contributed by atoms with Gasteiger partial charge in [0.1, 0.15) is 24.7 Å². The summed E-state index contributed by atoms with van der Waals surface area (Å²) in [6.45, 7) is 0.926. The fraction of sp³-hybridized carbons (Fsp3) is 0.500. The second kappa shape index (κ2) is 8.41. The molecule has 0 fully saturated rings. The topological polar surface area (TPSA) is 54.0 Å². The Hall–Kier alpha value is -1.89. The summed E-state index contributed by atoms with van der Waals surface area (Å²) >= 11 is 0. The van der Waals surface area contributed by atoms with Crippen LogP contribution in [0.3, 0.4) is 0 Å². The number of ether oxygens (including phenoxy) is 4. The molecule has 0 aliphatic heterocycles. The van der Waals surface area contributed by atoms with Crippen molar-refractivity contribution in [3.05, 3.63) is 23.3 Å². The van der Waals surface area contributed by atoms with Gasteiger partial charge >= 0.3 is 5.97 Å². The van der Waals surface area contributed by atoms with Gasteiger partial charge in [0.2, 0.25) is 0 Å². The van der Waals surface area contributed by atoms with Gasteiger partial charge < -0.3 is 18.9 Å². The summed E-state index contributed by atoms with van der Waals surface area (Å²) in [5, 5.41) is 0. The molecule has 5 nitrogen and oxygen atoms in total. The molecule has 0 aromatic heterocycles. The molecule has 0 saturated heterocycles. The maximum absolute atomic E-state index is 11.9. The van der Waals surface area contributed by atoms with E-state index in [1.165, 1.54) is 26.4 Å². The zero-order valence-electron chi connectivity index (χ0n) is 12.2. The van der Waals surface area contributed by atoms with Crippen LogP contribution in [0.25, 0.3) is 0 Å². The quantitative estimate of drug-likeness (QED) is 0.545. The molecule has 1 aromatic rings. The van der Waals surface area contributed by atoms with E-state index in [1.54, 1.807) is 6.92 Å². The van der Waals surface area contributed by atoms with Crippen LogP contribution in [0.4, 0.5) is 8.78 Å². The first-order valence-corrected chi connectivity index (χ1v) is 6.25. The Labute approximate surface area is 121 Å². The molecule has 1 aromatic carbocycles. The van der Waals surface area contributed by atoms with Crippen molar-refractivity contribution in [2.24, 2.45) is 0 Å². The normalized spacial score (nSPS) is 10.6. The average molecular weight is 304 g/mol. The summed E-state index contributed by atoms with van der Waals surface area (Å²) in [7, 11) is 2.96. The third-order valence-electron chi connectivity index (χ3n) is 2.69. The van der Waals surface area contributed by atoms with E-state index in [0.717, 1.165) is 5.56 Å². The molecule has 0 aliphatic rings. The van der Waals surface area contributed by atoms with Crippen LogP contribution in [0.5, 0.6) is 11.5 Å². The monoisotopic (exact) mass is 304 g/mol. The molecule has 0 atom stereocenters. The average Bonchev–Trinajstić information content (AvgIpc) is 2.46. The Morgan fingerprint density at radius 3 is 2.19 bits per heavy atom. The highest BCUT2D eigenvalue weighted by molar-refractivity contribution is 5.90. The minimum absolute atomic E-state index is 0.0871. The Kier molecular flexibility index (Phi) is 6.87. The number of esters is 1. The molecule has 0 heterocycles. The molecular formula is C14H18F2O5. The molecule has 7 heteroatoms. The number of methoxy groups -OCH3 is 2. The number of carbonyl (C=O) groups excluding carboxylic acids is 1. The predicted octanol–water partition coefficient (Wildman–Crippen LogP) is 2.45. The number of benzene rings is 1. The minimum atomic E-state index is -2.54. The van der Waals surface area contributed by atoms with Crippen LogP contribution >= 0.6 is 0 Å². The second-order valence-corrected chi connectivity index (χ2v) is 4.11. The number of rotatable bonds is 8. The molecular weight excluding hydrogens is 286 g/mol. The summed E-state index contributed by atoms with van der Waals surface area (Å²) in [5.74, 6) is 0.387. The van der Waals surface area contributed by atoms with Gasteiger partial charge in [-0.2, -0.15) is 0 Å². The van der Waals surface area contributed by atoms with Crippen LogP contribution in [-0.2, 0) is 9.47 Å².